The van der Waals surface area contributed by atoms with Crippen LogP contribution in [0.15, 0.2) is 59.5 Å². The third-order valence-electron chi connectivity index (χ3n) is 5.85. The second-order valence-corrected chi connectivity index (χ2v) is 11.0. The SMILES string of the molecule is COc1cc(C)c(C(C)NC(=O)c2cc(NS(=O)(=O)c3ccc(C)cc3)ccc2Cl)cc1C(C)C. The Kier molecular flexibility index (Phi) is 8.13. The van der Waals surface area contributed by atoms with E-state index in [4.69, 9.17) is 16.3 Å². The van der Waals surface area contributed by atoms with Crippen LogP contribution in [0.3, 0.4) is 0 Å². The highest BCUT2D eigenvalue weighted by molar-refractivity contribution is 7.92. The summed E-state index contributed by atoms with van der Waals surface area (Å²) in [6.45, 7) is 9.92. The summed E-state index contributed by atoms with van der Waals surface area (Å²) in [5, 5.41) is 3.21. The molecular formula is C27H31ClN2O4S. The highest BCUT2D eigenvalue weighted by Gasteiger charge is 2.20. The van der Waals surface area contributed by atoms with Gasteiger partial charge in [-0.1, -0.05) is 43.1 Å². The summed E-state index contributed by atoms with van der Waals surface area (Å²) in [6.07, 6.45) is 0. The van der Waals surface area contributed by atoms with Crippen LogP contribution in [0.5, 0.6) is 5.75 Å². The second-order valence-electron chi connectivity index (χ2n) is 8.91. The van der Waals surface area contributed by atoms with Crippen LogP contribution < -0.4 is 14.8 Å². The summed E-state index contributed by atoms with van der Waals surface area (Å²) in [6, 6.07) is 14.7. The first-order valence-corrected chi connectivity index (χ1v) is 13.2. The first-order chi connectivity index (χ1) is 16.4. The number of anilines is 1. The van der Waals surface area contributed by atoms with E-state index in [1.165, 1.54) is 30.3 Å². The molecule has 186 valence electrons. The molecule has 2 N–H and O–H groups in total. The predicted octanol–water partition coefficient (Wildman–Crippen LogP) is 6.38. The van der Waals surface area contributed by atoms with Crippen molar-refractivity contribution < 1.29 is 17.9 Å². The van der Waals surface area contributed by atoms with Crippen LogP contribution in [0.1, 0.15) is 65.3 Å². The van der Waals surface area contributed by atoms with Crippen molar-refractivity contribution in [2.45, 2.75) is 51.5 Å². The fourth-order valence-corrected chi connectivity index (χ4v) is 5.11. The Morgan fingerprint density at radius 2 is 1.60 bits per heavy atom. The molecular weight excluding hydrogens is 484 g/mol. The number of hydrogen-bond acceptors (Lipinski definition) is 4. The topological polar surface area (TPSA) is 84.5 Å². The number of amides is 1. The van der Waals surface area contributed by atoms with Crippen molar-refractivity contribution in [1.82, 2.24) is 5.32 Å². The van der Waals surface area contributed by atoms with E-state index in [1.807, 2.05) is 26.8 Å². The van der Waals surface area contributed by atoms with Gasteiger partial charge in [0.25, 0.3) is 15.9 Å². The van der Waals surface area contributed by atoms with Crippen LogP contribution in [0.4, 0.5) is 5.69 Å². The zero-order valence-corrected chi connectivity index (χ0v) is 22.3. The highest BCUT2D eigenvalue weighted by Crippen LogP contribution is 2.32. The average Bonchev–Trinajstić information content (AvgIpc) is 2.79. The van der Waals surface area contributed by atoms with E-state index >= 15 is 0 Å². The van der Waals surface area contributed by atoms with E-state index in [9.17, 15) is 13.2 Å². The van der Waals surface area contributed by atoms with E-state index in [1.54, 1.807) is 19.2 Å². The minimum absolute atomic E-state index is 0.133. The molecule has 1 amide bonds. The van der Waals surface area contributed by atoms with Crippen LogP contribution >= 0.6 is 11.6 Å². The van der Waals surface area contributed by atoms with Crippen molar-refractivity contribution >= 4 is 33.2 Å². The lowest BCUT2D eigenvalue weighted by atomic mass is 9.93. The summed E-state index contributed by atoms with van der Waals surface area (Å²) in [4.78, 5) is 13.3. The molecule has 0 bridgehead atoms. The van der Waals surface area contributed by atoms with E-state index in [-0.39, 0.29) is 33.1 Å². The molecule has 1 unspecified atom stereocenters. The zero-order valence-electron chi connectivity index (χ0n) is 20.8. The lowest BCUT2D eigenvalue weighted by molar-refractivity contribution is 0.0940. The molecule has 0 saturated carbocycles. The van der Waals surface area contributed by atoms with Gasteiger partial charge in [-0.3, -0.25) is 9.52 Å². The number of ether oxygens (including phenoxy) is 1. The Balaban J connectivity index is 1.84. The standard InChI is InChI=1S/C27H31ClN2O4S/c1-16(2)22-15-23(18(4)13-26(22)34-6)19(5)29-27(31)24-14-20(9-12-25(24)28)30-35(32,33)21-10-7-17(3)8-11-21/h7-16,19,30H,1-6H3,(H,29,31). The van der Waals surface area contributed by atoms with Gasteiger partial charge in [-0.25, -0.2) is 8.42 Å². The molecule has 0 heterocycles. The number of carbonyl (C=O) groups excluding carboxylic acids is 1. The van der Waals surface area contributed by atoms with Crippen LogP contribution in [0.25, 0.3) is 0 Å². The summed E-state index contributed by atoms with van der Waals surface area (Å²) < 4.78 is 33.6. The number of nitrogens with one attached hydrogen (secondary N) is 2. The number of rotatable bonds is 8. The van der Waals surface area contributed by atoms with Crippen molar-refractivity contribution in [2.75, 3.05) is 11.8 Å². The normalized spacial score (nSPS) is 12.3. The van der Waals surface area contributed by atoms with Crippen LogP contribution in [0.2, 0.25) is 5.02 Å². The van der Waals surface area contributed by atoms with Gasteiger partial charge >= 0.3 is 0 Å². The number of aryl methyl sites for hydroxylation is 2. The number of carbonyl (C=O) groups is 1. The van der Waals surface area contributed by atoms with Gasteiger partial charge in [0.05, 0.1) is 28.6 Å². The molecule has 0 aliphatic carbocycles. The molecule has 8 heteroatoms. The van der Waals surface area contributed by atoms with E-state index in [0.29, 0.717) is 0 Å². The van der Waals surface area contributed by atoms with Gasteiger partial charge in [-0.15, -0.1) is 0 Å². The second kappa shape index (κ2) is 10.7. The maximum atomic E-state index is 13.1. The molecule has 3 aromatic rings. The minimum Gasteiger partial charge on any atom is -0.496 e. The Bertz CT molecular complexity index is 1340. The van der Waals surface area contributed by atoms with Crippen LogP contribution in [-0.2, 0) is 10.0 Å². The Morgan fingerprint density at radius 3 is 2.20 bits per heavy atom. The predicted molar refractivity (Wildman–Crippen MR) is 141 cm³/mol. The third kappa shape index (κ3) is 6.16. The van der Waals surface area contributed by atoms with E-state index in [0.717, 1.165) is 28.0 Å². The lowest BCUT2D eigenvalue weighted by Gasteiger charge is -2.21. The molecule has 3 rings (SSSR count). The Labute approximate surface area is 212 Å². The first kappa shape index (κ1) is 26.6. The summed E-state index contributed by atoms with van der Waals surface area (Å²) in [5.74, 6) is 0.663. The summed E-state index contributed by atoms with van der Waals surface area (Å²) in [7, 11) is -2.17. The van der Waals surface area contributed by atoms with E-state index < -0.39 is 15.9 Å². The van der Waals surface area contributed by atoms with Gasteiger partial charge in [0, 0.05) is 5.69 Å². The number of hydrogen-bond donors (Lipinski definition) is 2. The largest absolute Gasteiger partial charge is 0.496 e. The Hall–Kier alpha value is -3.03. The quantitative estimate of drug-likeness (QED) is 0.365. The number of methoxy groups -OCH3 is 1. The van der Waals surface area contributed by atoms with Gasteiger partial charge in [0.2, 0.25) is 0 Å². The van der Waals surface area contributed by atoms with Crippen molar-refractivity contribution in [3.63, 3.8) is 0 Å². The average molecular weight is 515 g/mol. The third-order valence-corrected chi connectivity index (χ3v) is 7.58. The molecule has 0 saturated heterocycles. The molecule has 35 heavy (non-hydrogen) atoms. The van der Waals surface area contributed by atoms with E-state index in [2.05, 4.69) is 30.0 Å². The smallest absolute Gasteiger partial charge is 0.261 e. The summed E-state index contributed by atoms with van der Waals surface area (Å²) >= 11 is 6.31. The lowest BCUT2D eigenvalue weighted by Crippen LogP contribution is -2.27. The van der Waals surface area contributed by atoms with Gasteiger partial charge < -0.3 is 10.1 Å². The van der Waals surface area contributed by atoms with Gasteiger partial charge in [0.15, 0.2) is 0 Å². The van der Waals surface area contributed by atoms with Gasteiger partial charge in [-0.2, -0.15) is 0 Å². The monoisotopic (exact) mass is 514 g/mol. The molecule has 6 nitrogen and oxygen atoms in total. The van der Waals surface area contributed by atoms with Gasteiger partial charge in [0.1, 0.15) is 5.75 Å². The molecule has 0 spiro atoms. The summed E-state index contributed by atoms with van der Waals surface area (Å²) in [5.41, 5.74) is 4.39. The maximum absolute atomic E-state index is 13.1. The van der Waals surface area contributed by atoms with Gasteiger partial charge in [-0.05, 0) is 85.8 Å². The molecule has 0 aromatic heterocycles. The molecule has 1 atom stereocenters. The van der Waals surface area contributed by atoms with Crippen LogP contribution in [-0.4, -0.2) is 21.4 Å². The van der Waals surface area contributed by atoms with Crippen molar-refractivity contribution in [3.8, 4) is 5.75 Å². The molecule has 0 radical (unpaired) electrons. The highest BCUT2D eigenvalue weighted by atomic mass is 35.5. The number of halogens is 1. The molecule has 0 fully saturated rings. The first-order valence-electron chi connectivity index (χ1n) is 11.3. The number of sulfonamides is 1. The Morgan fingerprint density at radius 1 is 0.943 bits per heavy atom. The molecule has 3 aromatic carbocycles. The fraction of sp³-hybridized carbons (Fsp3) is 0.296. The number of benzene rings is 3. The maximum Gasteiger partial charge on any atom is 0.261 e. The van der Waals surface area contributed by atoms with Crippen LogP contribution in [0, 0.1) is 13.8 Å². The minimum atomic E-state index is -3.81. The van der Waals surface area contributed by atoms with Crippen molar-refractivity contribution in [2.24, 2.45) is 0 Å². The zero-order chi connectivity index (χ0) is 25.9. The fourth-order valence-electron chi connectivity index (χ4n) is 3.86. The molecule has 0 aliphatic rings. The van der Waals surface area contributed by atoms with Crippen molar-refractivity contribution in [3.05, 3.63) is 87.4 Å². The van der Waals surface area contributed by atoms with Crippen molar-refractivity contribution in [1.29, 1.82) is 0 Å². The molecule has 0 aliphatic heterocycles.